The molecule has 0 saturated heterocycles. The largest absolute Gasteiger partial charge is 0.304 e. The molecule has 0 amide bonds. The van der Waals surface area contributed by atoms with Gasteiger partial charge in [-0.25, -0.2) is 5.90 Å². The van der Waals surface area contributed by atoms with E-state index < -0.39 is 4.92 Å². The van der Waals surface area contributed by atoms with E-state index in [-0.39, 0.29) is 18.2 Å². The summed E-state index contributed by atoms with van der Waals surface area (Å²) in [4.78, 5) is 18.7. The Morgan fingerprint density at radius 2 is 2.47 bits per heavy atom. The van der Waals surface area contributed by atoms with Gasteiger partial charge in [-0.15, -0.1) is 0 Å². The number of nitro groups is 1. The van der Waals surface area contributed by atoms with E-state index in [0.29, 0.717) is 10.2 Å². The van der Waals surface area contributed by atoms with Crippen molar-refractivity contribution in [3.8, 4) is 0 Å². The topological polar surface area (TPSA) is 91.3 Å². The first-order valence-electron chi connectivity index (χ1n) is 4.17. The number of rotatable bonds is 4. The monoisotopic (exact) mass is 275 g/mol. The molecule has 0 fully saturated rings. The summed E-state index contributed by atoms with van der Waals surface area (Å²) in [7, 11) is 0. The number of nitrogens with two attached hydrogens (primary N) is 1. The molecule has 0 saturated carbocycles. The first kappa shape index (κ1) is 12.0. The maximum atomic E-state index is 10.8. The lowest BCUT2D eigenvalue weighted by atomic mass is 10.1. The van der Waals surface area contributed by atoms with Crippen LogP contribution >= 0.6 is 15.9 Å². The summed E-state index contributed by atoms with van der Waals surface area (Å²) in [6.45, 7) is 1.95. The average molecular weight is 276 g/mol. The second kappa shape index (κ2) is 5.15. The molecule has 0 aliphatic heterocycles. The van der Waals surface area contributed by atoms with Gasteiger partial charge in [0.15, 0.2) is 0 Å². The molecular weight excluding hydrogens is 266 g/mol. The number of hydrogen-bond acceptors (Lipinski definition) is 5. The van der Waals surface area contributed by atoms with E-state index in [2.05, 4.69) is 25.8 Å². The normalized spacial score (nSPS) is 12.5. The van der Waals surface area contributed by atoms with Crippen LogP contribution in [0, 0.1) is 10.1 Å². The van der Waals surface area contributed by atoms with Crippen LogP contribution in [0.25, 0.3) is 0 Å². The molecule has 1 aromatic heterocycles. The molecule has 2 N–H and O–H groups in total. The van der Waals surface area contributed by atoms with Crippen LogP contribution in [0.1, 0.15) is 18.5 Å². The zero-order chi connectivity index (χ0) is 11.4. The summed E-state index contributed by atoms with van der Waals surface area (Å²) < 4.78 is 0.568. The number of pyridine rings is 1. The van der Waals surface area contributed by atoms with Gasteiger partial charge in [-0.2, -0.15) is 0 Å². The molecule has 1 unspecified atom stereocenters. The van der Waals surface area contributed by atoms with Crippen molar-refractivity contribution >= 4 is 21.6 Å². The van der Waals surface area contributed by atoms with E-state index in [0.717, 1.165) is 0 Å². The second-order valence-electron chi connectivity index (χ2n) is 3.05. The fourth-order valence-corrected chi connectivity index (χ4v) is 1.51. The van der Waals surface area contributed by atoms with Crippen molar-refractivity contribution in [2.45, 2.75) is 12.8 Å². The molecule has 0 aliphatic rings. The van der Waals surface area contributed by atoms with E-state index in [1.54, 1.807) is 6.92 Å². The fourth-order valence-electron chi connectivity index (χ4n) is 1.19. The molecule has 6 nitrogen and oxygen atoms in total. The Morgan fingerprint density at radius 1 is 1.80 bits per heavy atom. The predicted molar refractivity (Wildman–Crippen MR) is 57.1 cm³/mol. The van der Waals surface area contributed by atoms with Gasteiger partial charge in [0, 0.05) is 22.7 Å². The van der Waals surface area contributed by atoms with Crippen LogP contribution in [0.15, 0.2) is 16.7 Å². The lowest BCUT2D eigenvalue weighted by Gasteiger charge is -2.09. The maximum absolute atomic E-state index is 10.8. The Balaban J connectivity index is 3.10. The van der Waals surface area contributed by atoms with Crippen LogP contribution in [-0.2, 0) is 4.84 Å². The van der Waals surface area contributed by atoms with E-state index in [9.17, 15) is 10.1 Å². The molecular formula is C8H10BrN3O3. The van der Waals surface area contributed by atoms with Gasteiger partial charge in [0.05, 0.1) is 11.5 Å². The van der Waals surface area contributed by atoms with E-state index in [1.807, 2.05) is 0 Å². The molecule has 1 aromatic rings. The zero-order valence-electron chi connectivity index (χ0n) is 8.01. The average Bonchev–Trinajstić information content (AvgIpc) is 2.17. The van der Waals surface area contributed by atoms with Crippen molar-refractivity contribution < 1.29 is 9.76 Å². The summed E-state index contributed by atoms with van der Waals surface area (Å²) in [6, 6.07) is 1.41. The van der Waals surface area contributed by atoms with Gasteiger partial charge in [0.25, 0.3) is 5.69 Å². The van der Waals surface area contributed by atoms with E-state index in [4.69, 9.17) is 5.90 Å². The van der Waals surface area contributed by atoms with Crippen molar-refractivity contribution in [1.82, 2.24) is 4.98 Å². The van der Waals surface area contributed by atoms with E-state index in [1.165, 1.54) is 12.3 Å². The first-order chi connectivity index (χ1) is 7.06. The Labute approximate surface area is 94.7 Å². The smallest absolute Gasteiger partial charge is 0.292 e. The van der Waals surface area contributed by atoms with Crippen molar-refractivity contribution in [1.29, 1.82) is 0 Å². The summed E-state index contributed by atoms with van der Waals surface area (Å²) in [6.07, 6.45) is 1.51. The van der Waals surface area contributed by atoms with Crippen molar-refractivity contribution in [2.24, 2.45) is 5.90 Å². The molecule has 82 valence electrons. The van der Waals surface area contributed by atoms with Gasteiger partial charge in [-0.3, -0.25) is 15.1 Å². The quantitative estimate of drug-likeness (QED) is 0.668. The van der Waals surface area contributed by atoms with Crippen LogP contribution in [0.2, 0.25) is 0 Å². The SMILES string of the molecule is CC(CON)c1ncc(Br)cc1[N+](=O)[O-]. The molecule has 0 bridgehead atoms. The first-order valence-corrected chi connectivity index (χ1v) is 4.97. The predicted octanol–water partition coefficient (Wildman–Crippen LogP) is 1.75. The Bertz CT molecular complexity index is 372. The summed E-state index contributed by atoms with van der Waals surface area (Å²) >= 11 is 3.13. The maximum Gasteiger partial charge on any atom is 0.292 e. The van der Waals surface area contributed by atoms with Crippen molar-refractivity contribution in [3.05, 3.63) is 32.5 Å². The second-order valence-corrected chi connectivity index (χ2v) is 3.97. The third-order valence-electron chi connectivity index (χ3n) is 1.87. The molecule has 7 heteroatoms. The lowest BCUT2D eigenvalue weighted by molar-refractivity contribution is -0.386. The molecule has 1 heterocycles. The van der Waals surface area contributed by atoms with Gasteiger partial charge in [0.2, 0.25) is 0 Å². The van der Waals surface area contributed by atoms with Gasteiger partial charge >= 0.3 is 0 Å². The van der Waals surface area contributed by atoms with Crippen molar-refractivity contribution in [3.63, 3.8) is 0 Å². The fraction of sp³-hybridized carbons (Fsp3) is 0.375. The molecule has 0 spiro atoms. The molecule has 15 heavy (non-hydrogen) atoms. The van der Waals surface area contributed by atoms with Crippen LogP contribution in [0.5, 0.6) is 0 Å². The summed E-state index contributed by atoms with van der Waals surface area (Å²) in [5.74, 6) is 4.70. The third-order valence-corrected chi connectivity index (χ3v) is 2.31. The van der Waals surface area contributed by atoms with Crippen LogP contribution in [-0.4, -0.2) is 16.5 Å². The van der Waals surface area contributed by atoms with Gasteiger partial charge < -0.3 is 4.84 Å². The highest BCUT2D eigenvalue weighted by molar-refractivity contribution is 9.10. The number of hydrogen-bond donors (Lipinski definition) is 1. The Hall–Kier alpha value is -1.05. The minimum absolute atomic E-state index is 0.0334. The number of nitrogens with zero attached hydrogens (tertiary/aromatic N) is 2. The standard InChI is InChI=1S/C8H10BrN3O3/c1-5(4-15-10)8-7(12(13)14)2-6(9)3-11-8/h2-3,5H,4,10H2,1H3. The van der Waals surface area contributed by atoms with Gasteiger partial charge in [-0.05, 0) is 15.9 Å². The molecule has 0 aliphatic carbocycles. The van der Waals surface area contributed by atoms with Crippen LogP contribution < -0.4 is 5.90 Å². The van der Waals surface area contributed by atoms with Crippen LogP contribution in [0.4, 0.5) is 5.69 Å². The Kier molecular flexibility index (Phi) is 4.13. The third kappa shape index (κ3) is 2.95. The van der Waals surface area contributed by atoms with Gasteiger partial charge in [-0.1, -0.05) is 6.92 Å². The van der Waals surface area contributed by atoms with Crippen molar-refractivity contribution in [2.75, 3.05) is 6.61 Å². The molecule has 1 atom stereocenters. The highest BCUT2D eigenvalue weighted by Gasteiger charge is 2.21. The molecule has 1 rings (SSSR count). The minimum atomic E-state index is -0.472. The summed E-state index contributed by atoms with van der Waals surface area (Å²) in [5, 5.41) is 10.8. The summed E-state index contributed by atoms with van der Waals surface area (Å²) in [5.41, 5.74) is 0.336. The zero-order valence-corrected chi connectivity index (χ0v) is 9.60. The lowest BCUT2D eigenvalue weighted by Crippen LogP contribution is -2.11. The van der Waals surface area contributed by atoms with Crippen LogP contribution in [0.3, 0.4) is 0 Å². The molecule has 0 radical (unpaired) electrons. The number of aromatic nitrogens is 1. The highest BCUT2D eigenvalue weighted by atomic mass is 79.9. The highest BCUT2D eigenvalue weighted by Crippen LogP contribution is 2.26. The number of halogens is 1. The molecule has 0 aromatic carbocycles. The van der Waals surface area contributed by atoms with E-state index >= 15 is 0 Å². The van der Waals surface area contributed by atoms with Gasteiger partial charge in [0.1, 0.15) is 5.69 Å². The Morgan fingerprint density at radius 3 is 3.00 bits per heavy atom. The minimum Gasteiger partial charge on any atom is -0.304 e.